The summed E-state index contributed by atoms with van der Waals surface area (Å²) in [7, 11) is 0. The minimum atomic E-state index is -0.497. The van der Waals surface area contributed by atoms with E-state index in [0.717, 1.165) is 6.42 Å². The lowest BCUT2D eigenvalue weighted by molar-refractivity contribution is -0.123. The number of rotatable bonds is 6. The van der Waals surface area contributed by atoms with Crippen LogP contribution < -0.4 is 10.1 Å². The fourth-order valence-corrected chi connectivity index (χ4v) is 2.88. The van der Waals surface area contributed by atoms with Crippen LogP contribution >= 0.6 is 27.3 Å². The van der Waals surface area contributed by atoms with Crippen molar-refractivity contribution in [1.29, 1.82) is 0 Å². The van der Waals surface area contributed by atoms with Crippen molar-refractivity contribution < 1.29 is 13.9 Å². The van der Waals surface area contributed by atoms with Crippen LogP contribution in [-0.4, -0.2) is 18.6 Å². The van der Waals surface area contributed by atoms with Crippen molar-refractivity contribution in [3.8, 4) is 5.75 Å². The maximum Gasteiger partial charge on any atom is 0.258 e. The molecule has 21 heavy (non-hydrogen) atoms. The highest BCUT2D eigenvalue weighted by molar-refractivity contribution is 9.10. The lowest BCUT2D eigenvalue weighted by atomic mass is 10.1. The second kappa shape index (κ2) is 7.56. The van der Waals surface area contributed by atoms with Gasteiger partial charge in [0.2, 0.25) is 0 Å². The number of hydrogen-bond acceptors (Lipinski definition) is 3. The Labute approximate surface area is 135 Å². The summed E-state index contributed by atoms with van der Waals surface area (Å²) in [6.45, 7) is 1.72. The van der Waals surface area contributed by atoms with E-state index in [1.807, 2.05) is 18.4 Å². The molecule has 1 atom stereocenters. The molecule has 0 fully saturated rings. The van der Waals surface area contributed by atoms with E-state index < -0.39 is 5.82 Å². The largest absolute Gasteiger partial charge is 0.481 e. The minimum Gasteiger partial charge on any atom is -0.481 e. The van der Waals surface area contributed by atoms with E-state index in [-0.39, 0.29) is 24.3 Å². The molecule has 1 N–H and O–H groups in total. The maximum atomic E-state index is 13.5. The van der Waals surface area contributed by atoms with Crippen LogP contribution in [0.25, 0.3) is 0 Å². The van der Waals surface area contributed by atoms with Crippen LogP contribution in [0.5, 0.6) is 5.75 Å². The molecule has 0 aliphatic rings. The highest BCUT2D eigenvalue weighted by atomic mass is 79.9. The zero-order valence-electron chi connectivity index (χ0n) is 11.4. The molecular formula is C15H15BrFNO2S. The van der Waals surface area contributed by atoms with Crippen LogP contribution in [0.4, 0.5) is 4.39 Å². The number of benzene rings is 1. The molecule has 1 heterocycles. The van der Waals surface area contributed by atoms with Gasteiger partial charge in [0.05, 0.1) is 0 Å². The molecule has 0 bridgehead atoms. The molecule has 0 radical (unpaired) electrons. The van der Waals surface area contributed by atoms with Gasteiger partial charge < -0.3 is 10.1 Å². The summed E-state index contributed by atoms with van der Waals surface area (Å²) < 4.78 is 19.3. The SMILES string of the molecule is CC(Cc1ccsc1)NC(=O)COc1ccc(Br)cc1F. The topological polar surface area (TPSA) is 38.3 Å². The summed E-state index contributed by atoms with van der Waals surface area (Å²) in [4.78, 5) is 11.8. The number of nitrogens with one attached hydrogen (secondary N) is 1. The van der Waals surface area contributed by atoms with Gasteiger partial charge >= 0.3 is 0 Å². The molecule has 6 heteroatoms. The predicted molar refractivity (Wildman–Crippen MR) is 85.2 cm³/mol. The average molecular weight is 372 g/mol. The van der Waals surface area contributed by atoms with Crippen LogP contribution in [0.1, 0.15) is 12.5 Å². The molecule has 3 nitrogen and oxygen atoms in total. The fourth-order valence-electron chi connectivity index (χ4n) is 1.87. The van der Waals surface area contributed by atoms with Gasteiger partial charge in [0.15, 0.2) is 18.2 Å². The van der Waals surface area contributed by atoms with Crippen molar-refractivity contribution >= 4 is 33.2 Å². The summed E-state index contributed by atoms with van der Waals surface area (Å²) in [5, 5.41) is 6.88. The first-order valence-electron chi connectivity index (χ1n) is 6.43. The monoisotopic (exact) mass is 371 g/mol. The van der Waals surface area contributed by atoms with E-state index in [1.165, 1.54) is 17.7 Å². The number of amides is 1. The number of carbonyl (C=O) groups excluding carboxylic acids is 1. The zero-order chi connectivity index (χ0) is 15.2. The molecule has 1 aromatic carbocycles. The number of ether oxygens (including phenoxy) is 1. The molecule has 0 saturated carbocycles. The van der Waals surface area contributed by atoms with Crippen molar-refractivity contribution in [1.82, 2.24) is 5.32 Å². The molecule has 0 aliphatic heterocycles. The normalized spacial score (nSPS) is 12.0. The van der Waals surface area contributed by atoms with Crippen molar-refractivity contribution in [3.05, 3.63) is 50.9 Å². The Morgan fingerprint density at radius 3 is 2.95 bits per heavy atom. The van der Waals surface area contributed by atoms with Crippen molar-refractivity contribution in [2.45, 2.75) is 19.4 Å². The summed E-state index contributed by atoms with van der Waals surface area (Å²) in [6, 6.07) is 6.48. The van der Waals surface area contributed by atoms with E-state index >= 15 is 0 Å². The van der Waals surface area contributed by atoms with Crippen molar-refractivity contribution in [2.24, 2.45) is 0 Å². The van der Waals surface area contributed by atoms with Crippen LogP contribution in [0.3, 0.4) is 0 Å². The molecule has 0 spiro atoms. The van der Waals surface area contributed by atoms with E-state index in [1.54, 1.807) is 17.4 Å². The van der Waals surface area contributed by atoms with E-state index in [4.69, 9.17) is 4.74 Å². The maximum absolute atomic E-state index is 13.5. The molecule has 1 unspecified atom stereocenters. The quantitative estimate of drug-likeness (QED) is 0.838. The van der Waals surface area contributed by atoms with Gasteiger partial charge in [-0.2, -0.15) is 11.3 Å². The minimum absolute atomic E-state index is 0.00506. The highest BCUT2D eigenvalue weighted by Crippen LogP contribution is 2.21. The second-order valence-electron chi connectivity index (χ2n) is 4.67. The van der Waals surface area contributed by atoms with Gasteiger partial charge in [-0.1, -0.05) is 15.9 Å². The Morgan fingerprint density at radius 1 is 1.48 bits per heavy atom. The standard InChI is InChI=1S/C15H15BrFNO2S/c1-10(6-11-4-5-21-9-11)18-15(19)8-20-14-3-2-12(16)7-13(14)17/h2-5,7,9-10H,6,8H2,1H3,(H,18,19). The lowest BCUT2D eigenvalue weighted by Crippen LogP contribution is -2.37. The fraction of sp³-hybridized carbons (Fsp3) is 0.267. The first-order chi connectivity index (χ1) is 10.0. The summed E-state index contributed by atoms with van der Waals surface area (Å²) in [6.07, 6.45) is 0.766. The molecule has 1 aromatic heterocycles. The van der Waals surface area contributed by atoms with Gasteiger partial charge in [-0.3, -0.25) is 4.79 Å². The molecular weight excluding hydrogens is 357 g/mol. The average Bonchev–Trinajstić information content (AvgIpc) is 2.90. The number of hydrogen-bond donors (Lipinski definition) is 1. The van der Waals surface area contributed by atoms with E-state index in [0.29, 0.717) is 4.47 Å². The van der Waals surface area contributed by atoms with Gasteiger partial charge in [0, 0.05) is 10.5 Å². The number of halogens is 2. The van der Waals surface area contributed by atoms with Crippen LogP contribution in [-0.2, 0) is 11.2 Å². The lowest BCUT2D eigenvalue weighted by Gasteiger charge is -2.14. The molecule has 2 aromatic rings. The van der Waals surface area contributed by atoms with Crippen molar-refractivity contribution in [3.63, 3.8) is 0 Å². The van der Waals surface area contributed by atoms with Gasteiger partial charge in [0.1, 0.15) is 0 Å². The van der Waals surface area contributed by atoms with Crippen LogP contribution in [0, 0.1) is 5.82 Å². The number of carbonyl (C=O) groups is 1. The van der Waals surface area contributed by atoms with E-state index in [9.17, 15) is 9.18 Å². The highest BCUT2D eigenvalue weighted by Gasteiger charge is 2.11. The van der Waals surface area contributed by atoms with Crippen LogP contribution in [0.15, 0.2) is 39.5 Å². The van der Waals surface area contributed by atoms with Gasteiger partial charge in [-0.15, -0.1) is 0 Å². The molecule has 0 saturated heterocycles. The Morgan fingerprint density at radius 2 is 2.29 bits per heavy atom. The van der Waals surface area contributed by atoms with Gasteiger partial charge in [-0.05, 0) is 53.9 Å². The summed E-state index contributed by atoms with van der Waals surface area (Å²) >= 11 is 4.79. The zero-order valence-corrected chi connectivity index (χ0v) is 13.8. The third kappa shape index (κ3) is 5.13. The molecule has 1 amide bonds. The van der Waals surface area contributed by atoms with Crippen LogP contribution in [0.2, 0.25) is 0 Å². The second-order valence-corrected chi connectivity index (χ2v) is 6.36. The number of thiophene rings is 1. The Balaban J connectivity index is 1.79. The Hall–Kier alpha value is -1.40. The Kier molecular flexibility index (Phi) is 5.76. The smallest absolute Gasteiger partial charge is 0.258 e. The third-order valence-corrected chi connectivity index (χ3v) is 4.01. The summed E-state index contributed by atoms with van der Waals surface area (Å²) in [5.74, 6) is -0.692. The first-order valence-corrected chi connectivity index (χ1v) is 8.16. The van der Waals surface area contributed by atoms with Crippen molar-refractivity contribution in [2.75, 3.05) is 6.61 Å². The third-order valence-electron chi connectivity index (χ3n) is 2.78. The molecule has 2 rings (SSSR count). The van der Waals surface area contributed by atoms with E-state index in [2.05, 4.69) is 26.6 Å². The summed E-state index contributed by atoms with van der Waals surface area (Å²) in [5.41, 5.74) is 1.19. The van der Waals surface area contributed by atoms with Gasteiger partial charge in [0.25, 0.3) is 5.91 Å². The molecule has 112 valence electrons. The Bertz CT molecular complexity index is 604. The van der Waals surface area contributed by atoms with Gasteiger partial charge in [-0.25, -0.2) is 4.39 Å². The molecule has 0 aliphatic carbocycles. The predicted octanol–water partition coefficient (Wildman–Crippen LogP) is 3.78. The first kappa shape index (κ1) is 16.0.